The van der Waals surface area contributed by atoms with Gasteiger partial charge in [0.15, 0.2) is 5.69 Å². The molecule has 0 saturated heterocycles. The molecule has 5 nitrogen and oxygen atoms in total. The largest absolute Gasteiger partial charge is 0.361 e. The molecule has 3 rings (SSSR count). The third kappa shape index (κ3) is 2.98. The predicted octanol–water partition coefficient (Wildman–Crippen LogP) is 2.71. The fraction of sp³-hybridized carbons (Fsp3) is 0.235. The molecule has 0 bridgehead atoms. The lowest BCUT2D eigenvalue weighted by molar-refractivity contribution is 0.0907. The Morgan fingerprint density at radius 3 is 2.82 bits per heavy atom. The van der Waals surface area contributed by atoms with Crippen molar-refractivity contribution in [1.29, 1.82) is 0 Å². The quantitative estimate of drug-likeness (QED) is 0.777. The molecule has 0 atom stereocenters. The zero-order valence-electron chi connectivity index (χ0n) is 12.6. The summed E-state index contributed by atoms with van der Waals surface area (Å²) in [5, 5.41) is 11.8. The summed E-state index contributed by atoms with van der Waals surface area (Å²) in [7, 11) is 0. The van der Waals surface area contributed by atoms with E-state index in [4.69, 9.17) is 0 Å². The van der Waals surface area contributed by atoms with Crippen molar-refractivity contribution in [3.8, 4) is 0 Å². The number of nitrogens with one attached hydrogen (secondary N) is 2. The van der Waals surface area contributed by atoms with E-state index in [1.165, 1.54) is 10.9 Å². The molecule has 2 N–H and O–H groups in total. The molecule has 0 aliphatic rings. The number of hydrogen-bond acceptors (Lipinski definition) is 3. The van der Waals surface area contributed by atoms with Gasteiger partial charge in [-0.25, -0.2) is 0 Å². The Bertz CT molecular complexity index is 793. The number of rotatable bonds is 4. The molecule has 2 heterocycles. The number of H-pyrrole nitrogens is 1. The molecule has 5 heteroatoms. The summed E-state index contributed by atoms with van der Waals surface area (Å²) in [4.78, 5) is 15.5. The molecule has 0 spiro atoms. The summed E-state index contributed by atoms with van der Waals surface area (Å²) in [5.74, 6) is -0.210. The fourth-order valence-electron chi connectivity index (χ4n) is 2.59. The molecule has 2 aromatic heterocycles. The molecule has 1 aromatic carbocycles. The molecule has 0 aliphatic heterocycles. The van der Waals surface area contributed by atoms with Gasteiger partial charge in [-0.15, -0.1) is 5.10 Å². The minimum absolute atomic E-state index is 0.210. The van der Waals surface area contributed by atoms with Crippen LogP contribution in [0.2, 0.25) is 0 Å². The van der Waals surface area contributed by atoms with Gasteiger partial charge in [-0.2, -0.15) is 5.10 Å². The third-order valence-electron chi connectivity index (χ3n) is 3.56. The second-order valence-corrected chi connectivity index (χ2v) is 5.98. The first-order valence-electron chi connectivity index (χ1n) is 7.20. The Balaban J connectivity index is 1.77. The standard InChI is InChI=1S/C17H18N4O/c1-17(2,20-16(22)15-8-5-9-19-21-15)10-12-11-18-14-7-4-3-6-13(12)14/h3-9,11,18H,10H2,1-2H3,(H,20,22). The molecular formula is C17H18N4O. The van der Waals surface area contributed by atoms with Crippen molar-refractivity contribution in [1.82, 2.24) is 20.5 Å². The minimum Gasteiger partial charge on any atom is -0.361 e. The normalized spacial score (nSPS) is 11.5. The maximum absolute atomic E-state index is 12.2. The summed E-state index contributed by atoms with van der Waals surface area (Å²) >= 11 is 0. The van der Waals surface area contributed by atoms with Crippen LogP contribution in [-0.2, 0) is 6.42 Å². The molecule has 0 saturated carbocycles. The highest BCUT2D eigenvalue weighted by atomic mass is 16.2. The van der Waals surface area contributed by atoms with Crippen LogP contribution in [0.1, 0.15) is 29.9 Å². The number of fused-ring (bicyclic) bond motifs is 1. The molecule has 0 unspecified atom stereocenters. The Kier molecular flexibility index (Phi) is 3.63. The van der Waals surface area contributed by atoms with Gasteiger partial charge in [0.05, 0.1) is 0 Å². The average molecular weight is 294 g/mol. The van der Waals surface area contributed by atoms with Crippen LogP contribution in [0.15, 0.2) is 48.8 Å². The van der Waals surface area contributed by atoms with Crippen LogP contribution in [0.5, 0.6) is 0 Å². The molecular weight excluding hydrogens is 276 g/mol. The van der Waals surface area contributed by atoms with Crippen molar-refractivity contribution in [3.05, 3.63) is 60.0 Å². The first-order chi connectivity index (χ1) is 10.6. The molecule has 0 fully saturated rings. The SMILES string of the molecule is CC(C)(Cc1c[nH]c2ccccc12)NC(=O)c1cccnn1. The van der Waals surface area contributed by atoms with Crippen LogP contribution in [0.3, 0.4) is 0 Å². The Hall–Kier alpha value is -2.69. The van der Waals surface area contributed by atoms with E-state index in [2.05, 4.69) is 26.6 Å². The van der Waals surface area contributed by atoms with Crippen LogP contribution >= 0.6 is 0 Å². The Morgan fingerprint density at radius 2 is 2.05 bits per heavy atom. The number of carbonyl (C=O) groups is 1. The highest BCUT2D eigenvalue weighted by molar-refractivity contribution is 5.92. The Labute approximate surface area is 128 Å². The summed E-state index contributed by atoms with van der Waals surface area (Å²) in [6.45, 7) is 4.01. The summed E-state index contributed by atoms with van der Waals surface area (Å²) in [5.41, 5.74) is 2.22. The fourth-order valence-corrected chi connectivity index (χ4v) is 2.59. The van der Waals surface area contributed by atoms with Gasteiger partial charge in [0, 0.05) is 28.8 Å². The number of hydrogen-bond donors (Lipinski definition) is 2. The van der Waals surface area contributed by atoms with Gasteiger partial charge in [0.2, 0.25) is 0 Å². The molecule has 1 amide bonds. The maximum atomic E-state index is 12.2. The highest BCUT2D eigenvalue weighted by Crippen LogP contribution is 2.22. The third-order valence-corrected chi connectivity index (χ3v) is 3.56. The van der Waals surface area contributed by atoms with E-state index in [0.717, 1.165) is 11.9 Å². The van der Waals surface area contributed by atoms with E-state index >= 15 is 0 Å². The maximum Gasteiger partial charge on any atom is 0.272 e. The number of carbonyl (C=O) groups excluding carboxylic acids is 1. The van der Waals surface area contributed by atoms with Crippen LogP contribution < -0.4 is 5.32 Å². The summed E-state index contributed by atoms with van der Waals surface area (Å²) in [6.07, 6.45) is 4.28. The number of aromatic nitrogens is 3. The highest BCUT2D eigenvalue weighted by Gasteiger charge is 2.23. The molecule has 3 aromatic rings. The number of aromatic amines is 1. The lowest BCUT2D eigenvalue weighted by atomic mass is 9.94. The van der Waals surface area contributed by atoms with E-state index in [-0.39, 0.29) is 11.4 Å². The number of amides is 1. The van der Waals surface area contributed by atoms with Gasteiger partial charge in [-0.05, 0) is 44.0 Å². The van der Waals surface area contributed by atoms with Crippen molar-refractivity contribution < 1.29 is 4.79 Å². The van der Waals surface area contributed by atoms with Gasteiger partial charge < -0.3 is 10.3 Å². The minimum atomic E-state index is -0.389. The van der Waals surface area contributed by atoms with E-state index in [9.17, 15) is 4.79 Å². The summed E-state index contributed by atoms with van der Waals surface area (Å²) in [6, 6.07) is 11.5. The molecule has 112 valence electrons. The first kappa shape index (κ1) is 14.3. The monoisotopic (exact) mass is 294 g/mol. The first-order valence-corrected chi connectivity index (χ1v) is 7.20. The number of nitrogens with zero attached hydrogens (tertiary/aromatic N) is 2. The van der Waals surface area contributed by atoms with Crippen molar-refractivity contribution in [2.45, 2.75) is 25.8 Å². The van der Waals surface area contributed by atoms with Crippen LogP contribution in [0, 0.1) is 0 Å². The van der Waals surface area contributed by atoms with Gasteiger partial charge >= 0.3 is 0 Å². The van der Waals surface area contributed by atoms with Crippen LogP contribution in [0.4, 0.5) is 0 Å². The van der Waals surface area contributed by atoms with Crippen molar-refractivity contribution in [2.75, 3.05) is 0 Å². The van der Waals surface area contributed by atoms with Crippen molar-refractivity contribution in [2.24, 2.45) is 0 Å². The van der Waals surface area contributed by atoms with Crippen molar-refractivity contribution >= 4 is 16.8 Å². The second kappa shape index (κ2) is 5.60. The smallest absolute Gasteiger partial charge is 0.272 e. The van der Waals surface area contributed by atoms with E-state index in [1.54, 1.807) is 18.3 Å². The molecule has 0 aliphatic carbocycles. The lowest BCUT2D eigenvalue weighted by Crippen LogP contribution is -2.45. The van der Waals surface area contributed by atoms with Crippen LogP contribution in [0.25, 0.3) is 10.9 Å². The van der Waals surface area contributed by atoms with Gasteiger partial charge in [0.1, 0.15) is 0 Å². The lowest BCUT2D eigenvalue weighted by Gasteiger charge is -2.26. The number of benzene rings is 1. The Morgan fingerprint density at radius 1 is 1.23 bits per heavy atom. The zero-order chi connectivity index (χ0) is 15.6. The molecule has 22 heavy (non-hydrogen) atoms. The average Bonchev–Trinajstić information content (AvgIpc) is 2.90. The van der Waals surface area contributed by atoms with Crippen LogP contribution in [-0.4, -0.2) is 26.6 Å². The van der Waals surface area contributed by atoms with Gasteiger partial charge in [-0.1, -0.05) is 18.2 Å². The predicted molar refractivity (Wildman–Crippen MR) is 85.6 cm³/mol. The van der Waals surface area contributed by atoms with E-state index in [1.807, 2.05) is 38.2 Å². The summed E-state index contributed by atoms with van der Waals surface area (Å²) < 4.78 is 0. The molecule has 0 radical (unpaired) electrons. The van der Waals surface area contributed by atoms with Crippen molar-refractivity contribution in [3.63, 3.8) is 0 Å². The number of para-hydroxylation sites is 1. The van der Waals surface area contributed by atoms with E-state index in [0.29, 0.717) is 5.69 Å². The second-order valence-electron chi connectivity index (χ2n) is 5.98. The topological polar surface area (TPSA) is 70.7 Å². The zero-order valence-corrected chi connectivity index (χ0v) is 12.6. The van der Waals surface area contributed by atoms with Gasteiger partial charge in [-0.3, -0.25) is 4.79 Å². The van der Waals surface area contributed by atoms with E-state index < -0.39 is 0 Å². The van der Waals surface area contributed by atoms with Gasteiger partial charge in [0.25, 0.3) is 5.91 Å².